The number of carbonyl (C=O) groups is 1. The fourth-order valence-electron chi connectivity index (χ4n) is 2.75. The maximum absolute atomic E-state index is 12.6. The van der Waals surface area contributed by atoms with Crippen LogP contribution in [-0.2, 0) is 9.53 Å². The summed E-state index contributed by atoms with van der Waals surface area (Å²) in [7, 11) is 1.61. The van der Waals surface area contributed by atoms with Crippen molar-refractivity contribution in [3.05, 3.63) is 36.5 Å². The van der Waals surface area contributed by atoms with Gasteiger partial charge >= 0.3 is 0 Å². The highest BCUT2D eigenvalue weighted by Gasteiger charge is 2.39. The fourth-order valence-corrected chi connectivity index (χ4v) is 2.75. The number of halogens is 2. The highest BCUT2D eigenvalue weighted by Crippen LogP contribution is 2.25. The molecule has 7 heteroatoms. The standard InChI is InChI=1S/C16H19N3O2.2ClH/c1-21-16(6-9-17-10-7-16)15(20)19-13-4-5-14-12(11-13)3-2-8-18-14;;/h2-5,8,11,17H,6-7,9-10H2,1H3,(H,19,20);2*1H. The van der Waals surface area contributed by atoms with Crippen LogP contribution in [0.25, 0.3) is 10.9 Å². The van der Waals surface area contributed by atoms with Gasteiger partial charge in [0.15, 0.2) is 0 Å². The molecular weight excluding hydrogens is 337 g/mol. The van der Waals surface area contributed by atoms with Gasteiger partial charge in [-0.15, -0.1) is 24.8 Å². The maximum Gasteiger partial charge on any atom is 0.256 e. The smallest absolute Gasteiger partial charge is 0.256 e. The van der Waals surface area contributed by atoms with Gasteiger partial charge in [0.25, 0.3) is 5.91 Å². The molecule has 1 aromatic carbocycles. The van der Waals surface area contributed by atoms with Crippen LogP contribution < -0.4 is 10.6 Å². The van der Waals surface area contributed by atoms with Crippen LogP contribution in [0.4, 0.5) is 5.69 Å². The number of aromatic nitrogens is 1. The lowest BCUT2D eigenvalue weighted by Crippen LogP contribution is -2.51. The van der Waals surface area contributed by atoms with E-state index in [2.05, 4.69) is 15.6 Å². The molecule has 1 aliphatic rings. The van der Waals surface area contributed by atoms with E-state index in [1.54, 1.807) is 13.3 Å². The quantitative estimate of drug-likeness (QED) is 0.886. The Labute approximate surface area is 148 Å². The number of hydrogen-bond acceptors (Lipinski definition) is 4. The molecule has 1 aromatic heterocycles. The minimum absolute atomic E-state index is 0. The Morgan fingerprint density at radius 2 is 2.00 bits per heavy atom. The first-order chi connectivity index (χ1) is 10.2. The molecule has 1 aliphatic heterocycles. The van der Waals surface area contributed by atoms with Crippen LogP contribution in [-0.4, -0.2) is 36.7 Å². The SMILES string of the molecule is COC1(C(=O)Nc2ccc3ncccc3c2)CCNCC1.Cl.Cl. The van der Waals surface area contributed by atoms with Gasteiger partial charge in [-0.3, -0.25) is 9.78 Å². The third-order valence-electron chi connectivity index (χ3n) is 4.08. The van der Waals surface area contributed by atoms with E-state index in [0.29, 0.717) is 12.8 Å². The normalized spacial score (nSPS) is 16.0. The van der Waals surface area contributed by atoms with E-state index < -0.39 is 5.60 Å². The zero-order valence-electron chi connectivity index (χ0n) is 12.9. The average molecular weight is 358 g/mol. The first kappa shape index (κ1) is 19.6. The molecule has 0 atom stereocenters. The molecule has 0 saturated carbocycles. The lowest BCUT2D eigenvalue weighted by Gasteiger charge is -2.34. The molecule has 1 amide bonds. The number of fused-ring (bicyclic) bond motifs is 1. The summed E-state index contributed by atoms with van der Waals surface area (Å²) in [6, 6.07) is 9.58. The summed E-state index contributed by atoms with van der Waals surface area (Å²) in [5.41, 5.74) is 0.962. The number of carbonyl (C=O) groups excluding carboxylic acids is 1. The van der Waals surface area contributed by atoms with Gasteiger partial charge in [0.05, 0.1) is 5.52 Å². The van der Waals surface area contributed by atoms with E-state index in [1.807, 2.05) is 30.3 Å². The zero-order chi connectivity index (χ0) is 14.7. The van der Waals surface area contributed by atoms with E-state index in [9.17, 15) is 4.79 Å². The number of benzene rings is 1. The van der Waals surface area contributed by atoms with E-state index in [1.165, 1.54) is 0 Å². The molecule has 1 saturated heterocycles. The van der Waals surface area contributed by atoms with Crippen LogP contribution in [0.5, 0.6) is 0 Å². The molecule has 2 N–H and O–H groups in total. The van der Waals surface area contributed by atoms with Gasteiger partial charge in [-0.2, -0.15) is 0 Å². The van der Waals surface area contributed by atoms with Crippen molar-refractivity contribution in [2.75, 3.05) is 25.5 Å². The molecule has 0 unspecified atom stereocenters. The van der Waals surface area contributed by atoms with Crippen molar-refractivity contribution in [2.24, 2.45) is 0 Å². The van der Waals surface area contributed by atoms with Gasteiger partial charge in [-0.25, -0.2) is 0 Å². The van der Waals surface area contributed by atoms with Crippen molar-refractivity contribution < 1.29 is 9.53 Å². The number of amides is 1. The van der Waals surface area contributed by atoms with Crippen LogP contribution in [0.3, 0.4) is 0 Å². The molecule has 0 aliphatic carbocycles. The molecule has 126 valence electrons. The first-order valence-electron chi connectivity index (χ1n) is 7.16. The average Bonchev–Trinajstić information content (AvgIpc) is 2.55. The largest absolute Gasteiger partial charge is 0.368 e. The van der Waals surface area contributed by atoms with E-state index in [0.717, 1.165) is 29.7 Å². The van der Waals surface area contributed by atoms with Gasteiger partial charge < -0.3 is 15.4 Å². The van der Waals surface area contributed by atoms with Gasteiger partial charge in [0.2, 0.25) is 0 Å². The van der Waals surface area contributed by atoms with Gasteiger partial charge in [0, 0.05) is 24.4 Å². The van der Waals surface area contributed by atoms with Crippen LogP contribution in [0.15, 0.2) is 36.5 Å². The molecule has 0 bridgehead atoms. The van der Waals surface area contributed by atoms with Crippen molar-refractivity contribution in [1.29, 1.82) is 0 Å². The number of pyridine rings is 1. The third-order valence-corrected chi connectivity index (χ3v) is 4.08. The molecule has 2 heterocycles. The summed E-state index contributed by atoms with van der Waals surface area (Å²) < 4.78 is 5.54. The predicted octanol–water partition coefficient (Wildman–Crippen LogP) is 2.79. The monoisotopic (exact) mass is 357 g/mol. The number of nitrogens with zero attached hydrogens (tertiary/aromatic N) is 1. The Morgan fingerprint density at radius 1 is 1.26 bits per heavy atom. The van der Waals surface area contributed by atoms with Crippen LogP contribution >= 0.6 is 24.8 Å². The van der Waals surface area contributed by atoms with Crippen molar-refractivity contribution >= 4 is 47.3 Å². The van der Waals surface area contributed by atoms with E-state index >= 15 is 0 Å². The molecule has 2 aromatic rings. The fraction of sp³-hybridized carbons (Fsp3) is 0.375. The number of piperidine rings is 1. The summed E-state index contributed by atoms with van der Waals surface area (Å²) in [5, 5.41) is 7.23. The minimum atomic E-state index is -0.727. The van der Waals surface area contributed by atoms with Crippen molar-refractivity contribution in [3.8, 4) is 0 Å². The van der Waals surface area contributed by atoms with Gasteiger partial charge in [-0.05, 0) is 50.2 Å². The number of anilines is 1. The maximum atomic E-state index is 12.6. The molecular formula is C16H21Cl2N3O2. The Bertz CT molecular complexity index is 661. The molecule has 3 rings (SSSR count). The van der Waals surface area contributed by atoms with E-state index in [4.69, 9.17) is 4.74 Å². The Balaban J connectivity index is 0.00000132. The topological polar surface area (TPSA) is 63.2 Å². The second-order valence-corrected chi connectivity index (χ2v) is 5.31. The number of hydrogen-bond donors (Lipinski definition) is 2. The molecule has 5 nitrogen and oxygen atoms in total. The number of nitrogens with one attached hydrogen (secondary N) is 2. The highest BCUT2D eigenvalue weighted by molar-refractivity contribution is 5.99. The Kier molecular flexibility index (Phi) is 7.22. The Morgan fingerprint density at radius 3 is 2.70 bits per heavy atom. The minimum Gasteiger partial charge on any atom is -0.368 e. The second-order valence-electron chi connectivity index (χ2n) is 5.31. The number of rotatable bonds is 3. The summed E-state index contributed by atoms with van der Waals surface area (Å²) in [6.45, 7) is 1.59. The highest BCUT2D eigenvalue weighted by atomic mass is 35.5. The summed E-state index contributed by atoms with van der Waals surface area (Å²) in [6.07, 6.45) is 3.13. The summed E-state index contributed by atoms with van der Waals surface area (Å²) in [5.74, 6) is -0.0743. The van der Waals surface area contributed by atoms with Crippen molar-refractivity contribution in [1.82, 2.24) is 10.3 Å². The van der Waals surface area contributed by atoms with Crippen molar-refractivity contribution in [3.63, 3.8) is 0 Å². The molecule has 0 radical (unpaired) electrons. The van der Waals surface area contributed by atoms with Gasteiger partial charge in [0.1, 0.15) is 5.60 Å². The number of ether oxygens (including phenoxy) is 1. The van der Waals surface area contributed by atoms with Crippen molar-refractivity contribution in [2.45, 2.75) is 18.4 Å². The predicted molar refractivity (Wildman–Crippen MR) is 96.7 cm³/mol. The van der Waals surface area contributed by atoms with Crippen LogP contribution in [0, 0.1) is 0 Å². The second kappa shape index (κ2) is 8.45. The van der Waals surface area contributed by atoms with Gasteiger partial charge in [-0.1, -0.05) is 6.07 Å². The van der Waals surface area contributed by atoms with Crippen LogP contribution in [0.2, 0.25) is 0 Å². The number of methoxy groups -OCH3 is 1. The zero-order valence-corrected chi connectivity index (χ0v) is 14.5. The van der Waals surface area contributed by atoms with Crippen LogP contribution in [0.1, 0.15) is 12.8 Å². The first-order valence-corrected chi connectivity index (χ1v) is 7.16. The third kappa shape index (κ3) is 4.12. The Hall–Kier alpha value is -1.40. The molecule has 23 heavy (non-hydrogen) atoms. The molecule has 1 fully saturated rings. The summed E-state index contributed by atoms with van der Waals surface area (Å²) in [4.78, 5) is 16.9. The summed E-state index contributed by atoms with van der Waals surface area (Å²) >= 11 is 0. The lowest BCUT2D eigenvalue weighted by molar-refractivity contribution is -0.140. The lowest BCUT2D eigenvalue weighted by atomic mass is 9.91. The molecule has 0 spiro atoms. The van der Waals surface area contributed by atoms with E-state index in [-0.39, 0.29) is 30.7 Å².